The van der Waals surface area contributed by atoms with Gasteiger partial charge in [-0.25, -0.2) is 0 Å². The topological polar surface area (TPSA) is 70.5 Å². The van der Waals surface area contributed by atoms with Crippen LogP contribution < -0.4 is 0 Å². The Labute approximate surface area is 179 Å². The number of likely N-dealkylation sites (tertiary alicyclic amines) is 1. The minimum atomic E-state index is -0.706. The molecule has 1 unspecified atom stereocenters. The van der Waals surface area contributed by atoms with E-state index < -0.39 is 17.7 Å². The first-order valence-corrected chi connectivity index (χ1v) is 9.83. The maximum absolute atomic E-state index is 13.0. The number of aryl methyl sites for hydroxylation is 1. The molecule has 6 heteroatoms. The highest BCUT2D eigenvalue weighted by molar-refractivity contribution is 6.46. The molecule has 1 saturated heterocycles. The minimum Gasteiger partial charge on any atom is -0.507 e. The molecule has 0 bridgehead atoms. The number of hydrogen-bond acceptors (Lipinski definition) is 4. The van der Waals surface area contributed by atoms with Crippen molar-refractivity contribution in [2.24, 2.45) is 0 Å². The molecular formula is C24H19ClN2O3. The van der Waals surface area contributed by atoms with Gasteiger partial charge in [0.25, 0.3) is 11.7 Å². The predicted octanol–water partition coefficient (Wildman–Crippen LogP) is 4.67. The van der Waals surface area contributed by atoms with E-state index in [1.807, 2.05) is 31.2 Å². The van der Waals surface area contributed by atoms with Crippen LogP contribution in [0.5, 0.6) is 0 Å². The van der Waals surface area contributed by atoms with Gasteiger partial charge in [-0.05, 0) is 54.4 Å². The second kappa shape index (κ2) is 8.13. The number of halogens is 1. The number of pyridine rings is 1. The number of nitrogens with zero attached hydrogens (tertiary/aromatic N) is 2. The van der Waals surface area contributed by atoms with Gasteiger partial charge in [-0.3, -0.25) is 14.6 Å². The quantitative estimate of drug-likeness (QED) is 0.380. The summed E-state index contributed by atoms with van der Waals surface area (Å²) in [7, 11) is 0. The van der Waals surface area contributed by atoms with Crippen molar-refractivity contribution in [1.29, 1.82) is 0 Å². The zero-order chi connectivity index (χ0) is 21.3. The van der Waals surface area contributed by atoms with Gasteiger partial charge in [0.15, 0.2) is 0 Å². The first-order valence-electron chi connectivity index (χ1n) is 9.45. The molecule has 4 rings (SSSR count). The average Bonchev–Trinajstić information content (AvgIpc) is 2.99. The van der Waals surface area contributed by atoms with E-state index in [9.17, 15) is 14.7 Å². The van der Waals surface area contributed by atoms with Gasteiger partial charge >= 0.3 is 0 Å². The molecule has 1 N–H and O–H groups in total. The van der Waals surface area contributed by atoms with Crippen molar-refractivity contribution in [2.75, 3.05) is 0 Å². The van der Waals surface area contributed by atoms with Crippen molar-refractivity contribution in [2.45, 2.75) is 19.5 Å². The molecule has 1 aliphatic heterocycles. The summed E-state index contributed by atoms with van der Waals surface area (Å²) in [4.78, 5) is 31.5. The number of aliphatic hydroxyl groups is 1. The fourth-order valence-electron chi connectivity index (χ4n) is 3.68. The maximum Gasteiger partial charge on any atom is 0.295 e. The second-order valence-corrected chi connectivity index (χ2v) is 7.64. The van der Waals surface area contributed by atoms with Crippen molar-refractivity contribution in [3.63, 3.8) is 0 Å². The van der Waals surface area contributed by atoms with Crippen molar-refractivity contribution >= 4 is 29.1 Å². The highest BCUT2D eigenvalue weighted by Gasteiger charge is 2.46. The summed E-state index contributed by atoms with van der Waals surface area (Å²) in [6.45, 7) is 2.17. The van der Waals surface area contributed by atoms with Gasteiger partial charge in [-0.2, -0.15) is 0 Å². The summed E-state index contributed by atoms with van der Waals surface area (Å²) in [6.07, 6.45) is 3.28. The third-order valence-corrected chi connectivity index (χ3v) is 5.37. The Morgan fingerprint density at radius 3 is 2.43 bits per heavy atom. The van der Waals surface area contributed by atoms with Crippen LogP contribution in [0.4, 0.5) is 0 Å². The molecule has 1 atom stereocenters. The normalized spacial score (nSPS) is 18.1. The number of carbonyl (C=O) groups is 2. The van der Waals surface area contributed by atoms with Gasteiger partial charge in [0.1, 0.15) is 5.76 Å². The first-order chi connectivity index (χ1) is 14.5. The summed E-state index contributed by atoms with van der Waals surface area (Å²) in [6, 6.07) is 17.0. The van der Waals surface area contributed by atoms with Gasteiger partial charge in [-0.15, -0.1) is 0 Å². The lowest BCUT2D eigenvalue weighted by Gasteiger charge is -2.25. The number of rotatable bonds is 4. The lowest BCUT2D eigenvalue weighted by atomic mass is 9.94. The molecule has 1 aromatic heterocycles. The predicted molar refractivity (Wildman–Crippen MR) is 115 cm³/mol. The molecule has 0 radical (unpaired) electrons. The number of benzene rings is 2. The Morgan fingerprint density at radius 1 is 1.07 bits per heavy atom. The van der Waals surface area contributed by atoms with Crippen LogP contribution >= 0.6 is 11.6 Å². The lowest BCUT2D eigenvalue weighted by Crippen LogP contribution is -2.29. The molecule has 1 aliphatic rings. The smallest absolute Gasteiger partial charge is 0.295 e. The first kappa shape index (κ1) is 19.9. The monoisotopic (exact) mass is 418 g/mol. The molecule has 2 heterocycles. The van der Waals surface area contributed by atoms with Gasteiger partial charge < -0.3 is 10.0 Å². The number of Topliss-reactive ketones (excluding diaryl/α,β-unsaturated/α-hetero) is 1. The molecule has 1 amide bonds. The molecule has 150 valence electrons. The Kier molecular flexibility index (Phi) is 5.38. The van der Waals surface area contributed by atoms with Gasteiger partial charge in [0.05, 0.1) is 11.6 Å². The van der Waals surface area contributed by atoms with E-state index in [0.717, 1.165) is 16.7 Å². The van der Waals surface area contributed by atoms with Crippen LogP contribution in [-0.4, -0.2) is 26.7 Å². The summed E-state index contributed by atoms with van der Waals surface area (Å²) in [5, 5.41) is 11.5. The summed E-state index contributed by atoms with van der Waals surface area (Å²) in [5.41, 5.74) is 3.10. The van der Waals surface area contributed by atoms with Crippen molar-refractivity contribution in [3.05, 3.63) is 106 Å². The van der Waals surface area contributed by atoms with E-state index in [2.05, 4.69) is 4.98 Å². The highest BCUT2D eigenvalue weighted by atomic mass is 35.5. The van der Waals surface area contributed by atoms with Gasteiger partial charge in [0.2, 0.25) is 0 Å². The van der Waals surface area contributed by atoms with Crippen LogP contribution in [0.15, 0.2) is 78.6 Å². The molecule has 3 aromatic rings. The van der Waals surface area contributed by atoms with Crippen LogP contribution in [0.1, 0.15) is 28.3 Å². The maximum atomic E-state index is 13.0. The van der Waals surface area contributed by atoms with E-state index in [-0.39, 0.29) is 17.9 Å². The van der Waals surface area contributed by atoms with E-state index in [0.29, 0.717) is 10.6 Å². The van der Waals surface area contributed by atoms with Crippen LogP contribution in [0.2, 0.25) is 5.02 Å². The molecule has 0 saturated carbocycles. The van der Waals surface area contributed by atoms with E-state index in [1.54, 1.807) is 48.8 Å². The molecule has 0 aliphatic carbocycles. The average molecular weight is 419 g/mol. The number of ketones is 1. The minimum absolute atomic E-state index is 0.0713. The van der Waals surface area contributed by atoms with Gasteiger partial charge in [0, 0.05) is 29.5 Å². The SMILES string of the molecule is Cc1cccc(C2/C(=C(/O)c3ccc(Cl)cc3)C(=O)C(=O)N2Cc2ccncc2)c1. The Hall–Kier alpha value is -3.44. The van der Waals surface area contributed by atoms with E-state index in [1.165, 1.54) is 4.90 Å². The second-order valence-electron chi connectivity index (χ2n) is 7.20. The van der Waals surface area contributed by atoms with Crippen LogP contribution in [-0.2, 0) is 16.1 Å². The molecule has 30 heavy (non-hydrogen) atoms. The third-order valence-electron chi connectivity index (χ3n) is 5.12. The summed E-state index contributed by atoms with van der Waals surface area (Å²) < 4.78 is 0. The number of hydrogen-bond donors (Lipinski definition) is 1. The fraction of sp³-hybridized carbons (Fsp3) is 0.125. The zero-order valence-corrected chi connectivity index (χ0v) is 17.0. The fourth-order valence-corrected chi connectivity index (χ4v) is 3.80. The molecule has 2 aromatic carbocycles. The van der Waals surface area contributed by atoms with Crippen LogP contribution in [0, 0.1) is 6.92 Å². The molecule has 0 spiro atoms. The van der Waals surface area contributed by atoms with Crippen molar-refractivity contribution < 1.29 is 14.7 Å². The largest absolute Gasteiger partial charge is 0.507 e. The molecule has 1 fully saturated rings. The zero-order valence-electron chi connectivity index (χ0n) is 16.2. The Balaban J connectivity index is 1.87. The summed E-state index contributed by atoms with van der Waals surface area (Å²) in [5.74, 6) is -1.56. The lowest BCUT2D eigenvalue weighted by molar-refractivity contribution is -0.140. The van der Waals surface area contributed by atoms with Crippen molar-refractivity contribution in [1.82, 2.24) is 9.88 Å². The molecule has 5 nitrogen and oxygen atoms in total. The van der Waals surface area contributed by atoms with Crippen LogP contribution in [0.3, 0.4) is 0 Å². The summed E-state index contributed by atoms with van der Waals surface area (Å²) >= 11 is 5.95. The third kappa shape index (κ3) is 3.72. The Bertz CT molecular complexity index is 1140. The van der Waals surface area contributed by atoms with Crippen molar-refractivity contribution in [3.8, 4) is 0 Å². The highest BCUT2D eigenvalue weighted by Crippen LogP contribution is 2.40. The number of carbonyl (C=O) groups excluding carboxylic acids is 2. The number of amides is 1. The van der Waals surface area contributed by atoms with Crippen LogP contribution in [0.25, 0.3) is 5.76 Å². The van der Waals surface area contributed by atoms with Gasteiger partial charge in [-0.1, -0.05) is 41.4 Å². The van der Waals surface area contributed by atoms with E-state index >= 15 is 0 Å². The van der Waals surface area contributed by atoms with E-state index in [4.69, 9.17) is 11.6 Å². The Morgan fingerprint density at radius 2 is 1.77 bits per heavy atom. The number of aliphatic hydroxyl groups excluding tert-OH is 1. The standard InChI is InChI=1S/C24H19ClN2O3/c1-15-3-2-4-18(13-15)21-20(22(28)17-5-7-19(25)8-6-17)23(29)24(30)27(21)14-16-9-11-26-12-10-16/h2-13,21,28H,14H2,1H3/b22-20-. The number of aromatic nitrogens is 1. The molecular weight excluding hydrogens is 400 g/mol.